The zero-order chi connectivity index (χ0) is 14.3. The number of nitrogens with one attached hydrogen (secondary N) is 2. The summed E-state index contributed by atoms with van der Waals surface area (Å²) in [7, 11) is 0. The molecule has 0 spiro atoms. The van der Waals surface area contributed by atoms with Crippen LogP contribution in [0, 0.1) is 0 Å². The summed E-state index contributed by atoms with van der Waals surface area (Å²) >= 11 is 0. The van der Waals surface area contributed by atoms with Crippen molar-refractivity contribution in [3.63, 3.8) is 0 Å². The molecule has 1 rings (SSSR count). The van der Waals surface area contributed by atoms with Crippen molar-refractivity contribution >= 4 is 17.9 Å². The van der Waals surface area contributed by atoms with Gasteiger partial charge in [0.05, 0.1) is 5.56 Å². The molecule has 0 aliphatic rings. The number of rotatable bonds is 6. The van der Waals surface area contributed by atoms with E-state index in [-0.39, 0.29) is 25.1 Å². The molecular weight excluding hydrogens is 250 g/mol. The number of carboxylic acids is 1. The normalized spacial score (nSPS) is 9.68. The third-order valence-electron chi connectivity index (χ3n) is 2.28. The van der Waals surface area contributed by atoms with E-state index in [4.69, 9.17) is 10.8 Å². The summed E-state index contributed by atoms with van der Waals surface area (Å²) in [5, 5.41) is 13.8. The average Bonchev–Trinajstić information content (AvgIpc) is 2.36. The number of urea groups is 1. The second kappa shape index (κ2) is 7.00. The van der Waals surface area contributed by atoms with Gasteiger partial charge in [0.25, 0.3) is 0 Å². The Morgan fingerprint density at radius 3 is 2.58 bits per heavy atom. The van der Waals surface area contributed by atoms with Crippen molar-refractivity contribution in [1.82, 2.24) is 10.6 Å². The number of benzene rings is 1. The Hall–Kier alpha value is -2.57. The molecule has 0 fully saturated rings. The summed E-state index contributed by atoms with van der Waals surface area (Å²) in [4.78, 5) is 32.5. The standard InChI is InChI=1S/C12H15N3O4/c13-10(16)4-5-14-12(19)15-7-8-2-1-3-9(6-8)11(17)18/h1-3,6H,4-5,7H2,(H2,13,16)(H,17,18)(H2,14,15,19). The predicted octanol–water partition coefficient (Wildman–Crippen LogP) is 0.0594. The van der Waals surface area contributed by atoms with Gasteiger partial charge in [0, 0.05) is 19.5 Å². The molecule has 7 nitrogen and oxygen atoms in total. The monoisotopic (exact) mass is 265 g/mol. The molecule has 102 valence electrons. The van der Waals surface area contributed by atoms with Gasteiger partial charge in [0.15, 0.2) is 0 Å². The van der Waals surface area contributed by atoms with Gasteiger partial charge in [-0.15, -0.1) is 0 Å². The molecule has 0 aliphatic heterocycles. The summed E-state index contributed by atoms with van der Waals surface area (Å²) in [6.45, 7) is 0.361. The molecule has 0 heterocycles. The SMILES string of the molecule is NC(=O)CCNC(=O)NCc1cccc(C(=O)O)c1. The van der Waals surface area contributed by atoms with Gasteiger partial charge < -0.3 is 21.5 Å². The number of aromatic carboxylic acids is 1. The van der Waals surface area contributed by atoms with E-state index in [9.17, 15) is 14.4 Å². The fraction of sp³-hybridized carbons (Fsp3) is 0.250. The lowest BCUT2D eigenvalue weighted by Crippen LogP contribution is -2.36. The lowest BCUT2D eigenvalue weighted by Gasteiger charge is -2.07. The maximum Gasteiger partial charge on any atom is 0.335 e. The van der Waals surface area contributed by atoms with Gasteiger partial charge in [-0.3, -0.25) is 4.79 Å². The lowest BCUT2D eigenvalue weighted by atomic mass is 10.1. The van der Waals surface area contributed by atoms with Crippen molar-refractivity contribution < 1.29 is 19.5 Å². The van der Waals surface area contributed by atoms with E-state index in [0.717, 1.165) is 0 Å². The Morgan fingerprint density at radius 2 is 1.95 bits per heavy atom. The van der Waals surface area contributed by atoms with Crippen molar-refractivity contribution in [2.45, 2.75) is 13.0 Å². The highest BCUT2D eigenvalue weighted by molar-refractivity contribution is 5.87. The highest BCUT2D eigenvalue weighted by Crippen LogP contribution is 2.04. The number of amides is 3. The largest absolute Gasteiger partial charge is 0.478 e. The van der Waals surface area contributed by atoms with Crippen molar-refractivity contribution in [2.24, 2.45) is 5.73 Å². The number of carbonyl (C=O) groups excluding carboxylic acids is 2. The van der Waals surface area contributed by atoms with E-state index in [1.807, 2.05) is 0 Å². The van der Waals surface area contributed by atoms with Gasteiger partial charge in [-0.25, -0.2) is 9.59 Å². The van der Waals surface area contributed by atoms with Crippen LogP contribution in [0.3, 0.4) is 0 Å². The molecular formula is C12H15N3O4. The molecule has 0 saturated carbocycles. The van der Waals surface area contributed by atoms with Gasteiger partial charge >= 0.3 is 12.0 Å². The molecule has 7 heteroatoms. The second-order valence-electron chi connectivity index (χ2n) is 3.83. The van der Waals surface area contributed by atoms with Crippen LogP contribution in [0.2, 0.25) is 0 Å². The van der Waals surface area contributed by atoms with Crippen LogP contribution in [0.5, 0.6) is 0 Å². The second-order valence-corrected chi connectivity index (χ2v) is 3.83. The van der Waals surface area contributed by atoms with Gasteiger partial charge in [-0.1, -0.05) is 12.1 Å². The Kier molecular flexibility index (Phi) is 5.34. The van der Waals surface area contributed by atoms with Crippen molar-refractivity contribution in [1.29, 1.82) is 0 Å². The summed E-state index contributed by atoms with van der Waals surface area (Å²) in [6, 6.07) is 5.81. The van der Waals surface area contributed by atoms with E-state index in [2.05, 4.69) is 10.6 Å². The van der Waals surface area contributed by atoms with Crippen molar-refractivity contribution in [3.05, 3.63) is 35.4 Å². The maximum absolute atomic E-state index is 11.3. The Labute approximate surface area is 109 Å². The van der Waals surface area contributed by atoms with Crippen LogP contribution < -0.4 is 16.4 Å². The third-order valence-corrected chi connectivity index (χ3v) is 2.28. The highest BCUT2D eigenvalue weighted by atomic mass is 16.4. The molecule has 0 aliphatic carbocycles. The minimum atomic E-state index is -1.02. The number of hydrogen-bond acceptors (Lipinski definition) is 3. The van der Waals surface area contributed by atoms with E-state index in [1.165, 1.54) is 12.1 Å². The van der Waals surface area contributed by atoms with Crippen molar-refractivity contribution in [3.8, 4) is 0 Å². The van der Waals surface area contributed by atoms with Crippen LogP contribution in [0.25, 0.3) is 0 Å². The molecule has 5 N–H and O–H groups in total. The zero-order valence-corrected chi connectivity index (χ0v) is 10.2. The topological polar surface area (TPSA) is 122 Å². The third kappa shape index (κ3) is 5.53. The minimum absolute atomic E-state index is 0.0713. The maximum atomic E-state index is 11.3. The van der Waals surface area contributed by atoms with Crippen LogP contribution in [0.1, 0.15) is 22.3 Å². The highest BCUT2D eigenvalue weighted by Gasteiger charge is 2.04. The van der Waals surface area contributed by atoms with Gasteiger partial charge in [-0.2, -0.15) is 0 Å². The molecule has 0 saturated heterocycles. The van der Waals surface area contributed by atoms with Crippen LogP contribution in [-0.4, -0.2) is 29.6 Å². The molecule has 3 amide bonds. The van der Waals surface area contributed by atoms with Crippen LogP contribution in [-0.2, 0) is 11.3 Å². The number of nitrogens with two attached hydrogens (primary N) is 1. The molecule has 19 heavy (non-hydrogen) atoms. The molecule has 0 bridgehead atoms. The Morgan fingerprint density at radius 1 is 1.21 bits per heavy atom. The van der Waals surface area contributed by atoms with E-state index in [1.54, 1.807) is 12.1 Å². The fourth-order valence-electron chi connectivity index (χ4n) is 1.36. The average molecular weight is 265 g/mol. The fourth-order valence-corrected chi connectivity index (χ4v) is 1.36. The predicted molar refractivity (Wildman–Crippen MR) is 67.5 cm³/mol. The van der Waals surface area contributed by atoms with Crippen LogP contribution in [0.15, 0.2) is 24.3 Å². The first-order valence-electron chi connectivity index (χ1n) is 5.61. The molecule has 1 aromatic carbocycles. The summed E-state index contributed by atoms with van der Waals surface area (Å²) in [5.41, 5.74) is 5.75. The van der Waals surface area contributed by atoms with Gasteiger partial charge in [0.1, 0.15) is 0 Å². The number of carbonyl (C=O) groups is 3. The quantitative estimate of drug-likeness (QED) is 0.581. The first-order valence-corrected chi connectivity index (χ1v) is 5.61. The van der Waals surface area contributed by atoms with Gasteiger partial charge in [0.2, 0.25) is 5.91 Å². The number of hydrogen-bond donors (Lipinski definition) is 4. The van der Waals surface area contributed by atoms with Crippen LogP contribution in [0.4, 0.5) is 4.79 Å². The smallest absolute Gasteiger partial charge is 0.335 e. The first-order chi connectivity index (χ1) is 8.99. The number of primary amides is 1. The van der Waals surface area contributed by atoms with E-state index < -0.39 is 17.9 Å². The number of carboxylic acid groups (broad SMARTS) is 1. The Bertz CT molecular complexity index is 488. The zero-order valence-electron chi connectivity index (χ0n) is 10.2. The van der Waals surface area contributed by atoms with E-state index in [0.29, 0.717) is 5.56 Å². The molecule has 0 radical (unpaired) electrons. The first kappa shape index (κ1) is 14.5. The molecule has 0 unspecified atom stereocenters. The minimum Gasteiger partial charge on any atom is -0.478 e. The summed E-state index contributed by atoms with van der Waals surface area (Å²) in [6.07, 6.45) is 0.0713. The van der Waals surface area contributed by atoms with Gasteiger partial charge in [-0.05, 0) is 17.7 Å². The Balaban J connectivity index is 2.39. The molecule has 0 atom stereocenters. The van der Waals surface area contributed by atoms with Crippen molar-refractivity contribution in [2.75, 3.05) is 6.54 Å². The van der Waals surface area contributed by atoms with Crippen LogP contribution >= 0.6 is 0 Å². The van der Waals surface area contributed by atoms with E-state index >= 15 is 0 Å². The molecule has 1 aromatic rings. The molecule has 0 aromatic heterocycles. The lowest BCUT2D eigenvalue weighted by molar-refractivity contribution is -0.117. The summed E-state index contributed by atoms with van der Waals surface area (Å²) < 4.78 is 0. The summed E-state index contributed by atoms with van der Waals surface area (Å²) in [5.74, 6) is -1.51.